The van der Waals surface area contributed by atoms with E-state index in [0.29, 0.717) is 11.8 Å². The van der Waals surface area contributed by atoms with Gasteiger partial charge in [-0.3, -0.25) is 9.59 Å². The summed E-state index contributed by atoms with van der Waals surface area (Å²) in [5.74, 6) is 4.89. The van der Waals surface area contributed by atoms with Crippen LogP contribution < -0.4 is 0 Å². The summed E-state index contributed by atoms with van der Waals surface area (Å²) in [5.41, 5.74) is -0.0802. The first-order valence-corrected chi connectivity index (χ1v) is 12.1. The molecule has 1 saturated heterocycles. The molecule has 3 unspecified atom stereocenters. The monoisotopic (exact) mass is 386 g/mol. The van der Waals surface area contributed by atoms with E-state index in [4.69, 9.17) is 0 Å². The van der Waals surface area contributed by atoms with Crippen LogP contribution in [0.25, 0.3) is 0 Å². The van der Waals surface area contributed by atoms with Crippen LogP contribution in [0.1, 0.15) is 77.6 Å². The van der Waals surface area contributed by atoms with Crippen molar-refractivity contribution < 1.29 is 9.59 Å². The minimum Gasteiger partial charge on any atom is -0.339 e. The molecule has 1 heterocycles. The molecule has 5 aliphatic rings. The van der Waals surface area contributed by atoms with E-state index in [-0.39, 0.29) is 11.3 Å². The van der Waals surface area contributed by atoms with Gasteiger partial charge in [-0.2, -0.15) is 0 Å². The first-order chi connectivity index (χ1) is 13.5. The Balaban J connectivity index is 1.09. The van der Waals surface area contributed by atoms with Crippen LogP contribution in [0.5, 0.6) is 0 Å². The fourth-order valence-electron chi connectivity index (χ4n) is 7.16. The van der Waals surface area contributed by atoms with E-state index < -0.39 is 0 Å². The Hall–Kier alpha value is -1.06. The predicted octanol–water partition coefficient (Wildman–Crippen LogP) is 4.09. The molecule has 4 aliphatic carbocycles. The molecule has 0 bridgehead atoms. The fourth-order valence-corrected chi connectivity index (χ4v) is 7.16. The van der Waals surface area contributed by atoms with E-state index in [1.807, 2.05) is 4.90 Å². The van der Waals surface area contributed by atoms with Gasteiger partial charge in [-0.1, -0.05) is 19.8 Å². The highest BCUT2D eigenvalue weighted by atomic mass is 16.2. The van der Waals surface area contributed by atoms with Gasteiger partial charge in [-0.25, -0.2) is 0 Å². The zero-order valence-corrected chi connectivity index (χ0v) is 17.7. The molecule has 4 nitrogen and oxygen atoms in total. The third-order valence-corrected chi connectivity index (χ3v) is 9.26. The van der Waals surface area contributed by atoms with Gasteiger partial charge in [-0.15, -0.1) is 0 Å². The van der Waals surface area contributed by atoms with Gasteiger partial charge in [0.15, 0.2) is 0 Å². The van der Waals surface area contributed by atoms with Crippen molar-refractivity contribution in [1.82, 2.24) is 9.80 Å². The first-order valence-electron chi connectivity index (χ1n) is 12.1. The summed E-state index contributed by atoms with van der Waals surface area (Å²) in [5, 5.41) is 0. The normalized spacial score (nSPS) is 39.7. The van der Waals surface area contributed by atoms with Crippen LogP contribution in [0.15, 0.2) is 0 Å². The van der Waals surface area contributed by atoms with Crippen LogP contribution in [0.2, 0.25) is 0 Å². The summed E-state index contributed by atoms with van der Waals surface area (Å²) in [6.45, 7) is 5.05. The van der Waals surface area contributed by atoms with Gasteiger partial charge < -0.3 is 9.80 Å². The van der Waals surface area contributed by atoms with Crippen molar-refractivity contribution in [1.29, 1.82) is 0 Å². The van der Waals surface area contributed by atoms with Crippen molar-refractivity contribution in [3.63, 3.8) is 0 Å². The highest BCUT2D eigenvalue weighted by molar-refractivity contribution is 5.85. The minimum absolute atomic E-state index is 0.0802. The SMILES string of the molecule is CC1(C(=O)N2CCN(C(=O)C3CCC(C4CCC5CCCC54)CC3)CC2)CC1. The number of rotatable bonds is 3. The van der Waals surface area contributed by atoms with Gasteiger partial charge in [0.2, 0.25) is 11.8 Å². The third-order valence-electron chi connectivity index (χ3n) is 9.26. The average Bonchev–Trinajstić information content (AvgIpc) is 3.14. The molecule has 28 heavy (non-hydrogen) atoms. The van der Waals surface area contributed by atoms with Crippen LogP contribution in [0, 0.1) is 35.0 Å². The van der Waals surface area contributed by atoms with E-state index in [1.54, 1.807) is 0 Å². The van der Waals surface area contributed by atoms with Crippen molar-refractivity contribution in [2.24, 2.45) is 35.0 Å². The number of carbonyl (C=O) groups excluding carboxylic acids is 2. The Morgan fingerprint density at radius 2 is 1.29 bits per heavy atom. The Morgan fingerprint density at radius 3 is 1.96 bits per heavy atom. The van der Waals surface area contributed by atoms with Crippen LogP contribution in [-0.2, 0) is 9.59 Å². The maximum Gasteiger partial charge on any atom is 0.228 e. The summed E-state index contributed by atoms with van der Waals surface area (Å²) in [7, 11) is 0. The van der Waals surface area contributed by atoms with Crippen molar-refractivity contribution in [3.8, 4) is 0 Å². The second-order valence-electron chi connectivity index (χ2n) is 10.9. The molecular formula is C24H38N2O2. The molecule has 4 heteroatoms. The molecular weight excluding hydrogens is 348 g/mol. The lowest BCUT2D eigenvalue weighted by Gasteiger charge is -2.39. The van der Waals surface area contributed by atoms with Crippen LogP contribution >= 0.6 is 0 Å². The van der Waals surface area contributed by atoms with Gasteiger partial charge in [0.1, 0.15) is 0 Å². The highest BCUT2D eigenvalue weighted by Gasteiger charge is 2.48. The van der Waals surface area contributed by atoms with E-state index in [0.717, 1.165) is 75.5 Å². The number of amides is 2. The zero-order chi connectivity index (χ0) is 19.3. The number of hydrogen-bond acceptors (Lipinski definition) is 2. The standard InChI is InChI=1S/C24H38N2O2/c1-24(11-12-24)23(28)26-15-13-25(14-16-26)22(27)19-7-5-18(6-8-19)21-10-9-17-3-2-4-20(17)21/h17-21H,2-16H2,1H3. The van der Waals surface area contributed by atoms with Gasteiger partial charge in [0, 0.05) is 37.5 Å². The third kappa shape index (κ3) is 3.39. The number of piperazine rings is 1. The summed E-state index contributed by atoms with van der Waals surface area (Å²) in [6.07, 6.45) is 14.2. The summed E-state index contributed by atoms with van der Waals surface area (Å²) < 4.78 is 0. The quantitative estimate of drug-likeness (QED) is 0.733. The van der Waals surface area contributed by atoms with Crippen LogP contribution in [0.4, 0.5) is 0 Å². The summed E-state index contributed by atoms with van der Waals surface area (Å²) in [6, 6.07) is 0. The molecule has 0 N–H and O–H groups in total. The fraction of sp³-hybridized carbons (Fsp3) is 0.917. The maximum absolute atomic E-state index is 13.1. The van der Waals surface area contributed by atoms with Crippen LogP contribution in [-0.4, -0.2) is 47.8 Å². The Kier molecular flexibility index (Phi) is 4.95. The Morgan fingerprint density at radius 1 is 0.714 bits per heavy atom. The predicted molar refractivity (Wildman–Crippen MR) is 110 cm³/mol. The summed E-state index contributed by atoms with van der Waals surface area (Å²) in [4.78, 5) is 29.7. The maximum atomic E-state index is 13.1. The molecule has 0 aromatic heterocycles. The smallest absolute Gasteiger partial charge is 0.228 e. The van der Waals surface area contributed by atoms with Crippen molar-refractivity contribution in [2.45, 2.75) is 77.6 Å². The number of carbonyl (C=O) groups is 2. The first kappa shape index (κ1) is 18.9. The van der Waals surface area contributed by atoms with Crippen molar-refractivity contribution >= 4 is 11.8 Å². The molecule has 2 amide bonds. The number of fused-ring (bicyclic) bond motifs is 1. The van der Waals surface area contributed by atoms with Crippen LogP contribution in [0.3, 0.4) is 0 Å². The summed E-state index contributed by atoms with van der Waals surface area (Å²) >= 11 is 0. The average molecular weight is 387 g/mol. The van der Waals surface area contributed by atoms with Crippen molar-refractivity contribution in [2.75, 3.05) is 26.2 Å². The molecule has 3 atom stereocenters. The van der Waals surface area contributed by atoms with E-state index in [2.05, 4.69) is 11.8 Å². The lowest BCUT2D eigenvalue weighted by molar-refractivity contribution is -0.145. The van der Waals surface area contributed by atoms with E-state index in [9.17, 15) is 9.59 Å². The van der Waals surface area contributed by atoms with Gasteiger partial charge in [0.05, 0.1) is 0 Å². The second kappa shape index (κ2) is 7.32. The Labute approximate surface area is 170 Å². The molecule has 0 spiro atoms. The van der Waals surface area contributed by atoms with Gasteiger partial charge in [0.25, 0.3) is 0 Å². The molecule has 0 aromatic rings. The van der Waals surface area contributed by atoms with Gasteiger partial charge >= 0.3 is 0 Å². The topological polar surface area (TPSA) is 40.6 Å². The lowest BCUT2D eigenvalue weighted by atomic mass is 9.71. The molecule has 1 aliphatic heterocycles. The molecule has 5 rings (SSSR count). The van der Waals surface area contributed by atoms with E-state index >= 15 is 0 Å². The molecule has 0 aromatic carbocycles. The van der Waals surface area contributed by atoms with Crippen molar-refractivity contribution in [3.05, 3.63) is 0 Å². The number of hydrogen-bond donors (Lipinski definition) is 0. The minimum atomic E-state index is -0.0802. The molecule has 5 fully saturated rings. The second-order valence-corrected chi connectivity index (χ2v) is 10.9. The number of nitrogens with zero attached hydrogens (tertiary/aromatic N) is 2. The molecule has 0 radical (unpaired) electrons. The Bertz CT molecular complexity index is 612. The highest BCUT2D eigenvalue weighted by Crippen LogP contribution is 2.53. The largest absolute Gasteiger partial charge is 0.339 e. The van der Waals surface area contributed by atoms with Gasteiger partial charge in [-0.05, 0) is 81.5 Å². The molecule has 4 saturated carbocycles. The zero-order valence-electron chi connectivity index (χ0n) is 17.7. The lowest BCUT2D eigenvalue weighted by Crippen LogP contribution is -2.53. The molecule has 156 valence electrons. The van der Waals surface area contributed by atoms with E-state index in [1.165, 1.54) is 44.9 Å².